The first-order valence-corrected chi connectivity index (χ1v) is 9.97. The summed E-state index contributed by atoms with van der Waals surface area (Å²) in [5.41, 5.74) is 9.59. The van der Waals surface area contributed by atoms with Crippen LogP contribution in [0.15, 0.2) is 29.5 Å². The van der Waals surface area contributed by atoms with E-state index in [0.29, 0.717) is 12.6 Å². The zero-order valence-corrected chi connectivity index (χ0v) is 16.1. The monoisotopic (exact) mass is 377 g/mol. The summed E-state index contributed by atoms with van der Waals surface area (Å²) < 4.78 is 33.6. The smallest absolute Gasteiger partial charge is 0.129 e. The van der Waals surface area contributed by atoms with Crippen molar-refractivity contribution in [3.63, 3.8) is 0 Å². The maximum absolute atomic E-state index is 14.1. The first-order valence-electron chi connectivity index (χ1n) is 9.97. The molecule has 0 saturated carbocycles. The van der Waals surface area contributed by atoms with Crippen molar-refractivity contribution in [2.45, 2.75) is 57.3 Å². The van der Waals surface area contributed by atoms with Crippen molar-refractivity contribution in [3.05, 3.63) is 46.7 Å². The number of hydrogen-bond donors (Lipinski definition) is 1. The average molecular weight is 377 g/mol. The van der Waals surface area contributed by atoms with Gasteiger partial charge in [0.05, 0.1) is 6.61 Å². The summed E-state index contributed by atoms with van der Waals surface area (Å²) in [7, 11) is 0. The predicted molar refractivity (Wildman–Crippen MR) is 101 cm³/mol. The topological polar surface area (TPSA) is 41.7 Å². The van der Waals surface area contributed by atoms with Crippen LogP contribution in [0.5, 0.6) is 0 Å². The Hall–Kier alpha value is -1.50. The van der Waals surface area contributed by atoms with Gasteiger partial charge in [0.15, 0.2) is 0 Å². The highest BCUT2D eigenvalue weighted by atomic mass is 19.1. The second-order valence-electron chi connectivity index (χ2n) is 8.32. The van der Waals surface area contributed by atoms with Gasteiger partial charge >= 0.3 is 0 Å². The van der Waals surface area contributed by atoms with E-state index in [9.17, 15) is 8.78 Å². The standard InChI is InChI=1S/C21H29F2N3O/c1-13(2)26-7-3-4-14-10-25(11-20(14)26)16-9-19(24)21(27-12-16)17-8-15(22)5-6-18(17)23/h5-6,8,13,16,19,21H,3-4,7,9-12,24H2,1-2H3/t16-,19+,21-/m1/s1. The van der Waals surface area contributed by atoms with Gasteiger partial charge in [-0.15, -0.1) is 0 Å². The van der Waals surface area contributed by atoms with Crippen molar-refractivity contribution in [2.24, 2.45) is 5.73 Å². The molecule has 0 spiro atoms. The molecule has 0 aliphatic carbocycles. The largest absolute Gasteiger partial charge is 0.371 e. The van der Waals surface area contributed by atoms with Crippen molar-refractivity contribution in [1.82, 2.24) is 9.80 Å². The lowest BCUT2D eigenvalue weighted by molar-refractivity contribution is -0.0470. The molecular formula is C21H29F2N3O. The third-order valence-corrected chi connectivity index (χ3v) is 6.18. The summed E-state index contributed by atoms with van der Waals surface area (Å²) in [6, 6.07) is 3.85. The van der Waals surface area contributed by atoms with E-state index in [1.807, 2.05) is 0 Å². The van der Waals surface area contributed by atoms with Crippen molar-refractivity contribution >= 4 is 0 Å². The van der Waals surface area contributed by atoms with E-state index in [1.165, 1.54) is 24.6 Å². The Kier molecular flexibility index (Phi) is 5.23. The Morgan fingerprint density at radius 1 is 1.22 bits per heavy atom. The summed E-state index contributed by atoms with van der Waals surface area (Å²) in [6.45, 7) is 8.03. The number of benzene rings is 1. The van der Waals surface area contributed by atoms with Crippen molar-refractivity contribution in [3.8, 4) is 0 Å². The zero-order valence-electron chi connectivity index (χ0n) is 16.1. The fourth-order valence-corrected chi connectivity index (χ4v) is 4.79. The van der Waals surface area contributed by atoms with Crippen molar-refractivity contribution < 1.29 is 13.5 Å². The van der Waals surface area contributed by atoms with Crippen LogP contribution in [-0.4, -0.2) is 54.2 Å². The minimum atomic E-state index is -0.589. The van der Waals surface area contributed by atoms with Crippen LogP contribution in [0.2, 0.25) is 0 Å². The van der Waals surface area contributed by atoms with Crippen molar-refractivity contribution in [1.29, 1.82) is 0 Å². The first-order chi connectivity index (χ1) is 12.9. The van der Waals surface area contributed by atoms with Gasteiger partial charge in [0.25, 0.3) is 0 Å². The highest BCUT2D eigenvalue weighted by Gasteiger charge is 2.38. The predicted octanol–water partition coefficient (Wildman–Crippen LogP) is 3.20. The van der Waals surface area contributed by atoms with Crippen LogP contribution >= 0.6 is 0 Å². The van der Waals surface area contributed by atoms with E-state index in [4.69, 9.17) is 10.5 Å². The molecule has 4 rings (SSSR count). The van der Waals surface area contributed by atoms with Crippen LogP contribution in [0.4, 0.5) is 8.78 Å². The maximum Gasteiger partial charge on any atom is 0.129 e. The van der Waals surface area contributed by atoms with Crippen LogP contribution in [0.1, 0.15) is 44.8 Å². The molecule has 1 aromatic rings. The molecule has 1 fully saturated rings. The molecule has 0 radical (unpaired) electrons. The Morgan fingerprint density at radius 2 is 2.04 bits per heavy atom. The molecule has 1 aromatic carbocycles. The second-order valence-corrected chi connectivity index (χ2v) is 8.32. The lowest BCUT2D eigenvalue weighted by Crippen LogP contribution is -2.49. The SMILES string of the molecule is CC(C)N1CCCC2=C1CN([C@H]1CO[C@H](c3cc(F)ccc3F)[C@@H](N)C1)C2. The Balaban J connectivity index is 1.43. The Bertz CT molecular complexity index is 736. The third kappa shape index (κ3) is 3.62. The Labute approximate surface area is 160 Å². The molecule has 0 aromatic heterocycles. The average Bonchev–Trinajstić information content (AvgIpc) is 3.08. The van der Waals surface area contributed by atoms with Gasteiger partial charge in [0.2, 0.25) is 0 Å². The molecule has 3 aliphatic rings. The fourth-order valence-electron chi connectivity index (χ4n) is 4.79. The van der Waals surface area contributed by atoms with Gasteiger partial charge < -0.3 is 15.4 Å². The molecule has 6 heteroatoms. The number of rotatable bonds is 3. The number of halogens is 2. The van der Waals surface area contributed by atoms with Crippen LogP contribution < -0.4 is 5.73 Å². The Morgan fingerprint density at radius 3 is 2.78 bits per heavy atom. The molecule has 0 unspecified atom stereocenters. The molecule has 2 N–H and O–H groups in total. The lowest BCUT2D eigenvalue weighted by atomic mass is 9.93. The van der Waals surface area contributed by atoms with Crippen LogP contribution in [-0.2, 0) is 4.74 Å². The fraction of sp³-hybridized carbons (Fsp3) is 0.619. The van der Waals surface area contributed by atoms with Gasteiger partial charge in [0, 0.05) is 49.0 Å². The summed E-state index contributed by atoms with van der Waals surface area (Å²) in [4.78, 5) is 4.97. The molecule has 4 nitrogen and oxygen atoms in total. The molecule has 3 atom stereocenters. The van der Waals surface area contributed by atoms with E-state index < -0.39 is 17.7 Å². The maximum atomic E-state index is 14.1. The second kappa shape index (κ2) is 7.49. The van der Waals surface area contributed by atoms with Gasteiger partial charge in [-0.2, -0.15) is 0 Å². The minimum absolute atomic E-state index is 0.215. The first kappa shape index (κ1) is 18.8. The highest BCUT2D eigenvalue weighted by molar-refractivity contribution is 5.27. The molecule has 0 bridgehead atoms. The molecule has 27 heavy (non-hydrogen) atoms. The highest BCUT2D eigenvalue weighted by Crippen LogP contribution is 2.36. The van der Waals surface area contributed by atoms with Gasteiger partial charge in [-0.25, -0.2) is 8.78 Å². The van der Waals surface area contributed by atoms with Gasteiger partial charge in [-0.1, -0.05) is 0 Å². The summed E-state index contributed by atoms with van der Waals surface area (Å²) >= 11 is 0. The molecule has 0 amide bonds. The molecule has 3 aliphatic heterocycles. The quantitative estimate of drug-likeness (QED) is 0.878. The lowest BCUT2D eigenvalue weighted by Gasteiger charge is -2.39. The number of nitrogens with zero attached hydrogens (tertiary/aromatic N) is 2. The van der Waals surface area contributed by atoms with Gasteiger partial charge in [0.1, 0.15) is 17.7 Å². The minimum Gasteiger partial charge on any atom is -0.371 e. The number of ether oxygens (including phenoxy) is 1. The molecule has 148 valence electrons. The summed E-state index contributed by atoms with van der Waals surface area (Å²) in [6.07, 6.45) is 2.52. The molecule has 1 saturated heterocycles. The van der Waals surface area contributed by atoms with E-state index in [0.717, 1.165) is 38.2 Å². The van der Waals surface area contributed by atoms with Gasteiger partial charge in [-0.05, 0) is 56.9 Å². The summed E-state index contributed by atoms with van der Waals surface area (Å²) in [5, 5.41) is 0. The van der Waals surface area contributed by atoms with Crippen molar-refractivity contribution in [2.75, 3.05) is 26.2 Å². The van der Waals surface area contributed by atoms with Gasteiger partial charge in [-0.3, -0.25) is 4.90 Å². The van der Waals surface area contributed by atoms with E-state index in [1.54, 1.807) is 5.57 Å². The molecule has 3 heterocycles. The normalized spacial score (nSPS) is 29.6. The molecular weight excluding hydrogens is 348 g/mol. The zero-order chi connectivity index (χ0) is 19.1. The van der Waals surface area contributed by atoms with E-state index >= 15 is 0 Å². The number of hydrogen-bond acceptors (Lipinski definition) is 4. The third-order valence-electron chi connectivity index (χ3n) is 6.18. The van der Waals surface area contributed by atoms with Crippen LogP contribution in [0.3, 0.4) is 0 Å². The number of nitrogens with two attached hydrogens (primary N) is 1. The van der Waals surface area contributed by atoms with Crippen LogP contribution in [0.25, 0.3) is 0 Å². The summed E-state index contributed by atoms with van der Waals surface area (Å²) in [5.74, 6) is -0.921. The van der Waals surface area contributed by atoms with Crippen LogP contribution in [0, 0.1) is 11.6 Å². The van der Waals surface area contributed by atoms with E-state index in [2.05, 4.69) is 23.6 Å². The van der Waals surface area contributed by atoms with E-state index in [-0.39, 0.29) is 17.6 Å².